The number of anilines is 1. The minimum atomic E-state index is 0.418. The van der Waals surface area contributed by atoms with Crippen LogP contribution in [-0.2, 0) is 0 Å². The summed E-state index contributed by atoms with van der Waals surface area (Å²) < 4.78 is 0. The van der Waals surface area contributed by atoms with E-state index in [4.69, 9.17) is 0 Å². The van der Waals surface area contributed by atoms with Gasteiger partial charge in [-0.1, -0.05) is 19.8 Å². The number of hydrogen-bond donors (Lipinski definition) is 1. The zero-order valence-corrected chi connectivity index (χ0v) is 12.6. The number of aromatic nitrogens is 1. The quantitative estimate of drug-likeness (QED) is 0.856. The molecule has 1 N–H and O–H groups in total. The van der Waals surface area contributed by atoms with E-state index in [-0.39, 0.29) is 0 Å². The Morgan fingerprint density at radius 2 is 2.22 bits per heavy atom. The highest BCUT2D eigenvalue weighted by atomic mass is 32.1. The van der Waals surface area contributed by atoms with Gasteiger partial charge in [0.1, 0.15) is 0 Å². The van der Waals surface area contributed by atoms with Crippen molar-refractivity contribution in [3.05, 3.63) is 11.1 Å². The lowest BCUT2D eigenvalue weighted by Crippen LogP contribution is -2.23. The molecule has 0 spiro atoms. The predicted molar refractivity (Wildman–Crippen MR) is 79.4 cm³/mol. The molecule has 102 valence electrons. The fourth-order valence-corrected chi connectivity index (χ4v) is 3.63. The van der Waals surface area contributed by atoms with Crippen LogP contribution in [0.1, 0.15) is 50.4 Å². The molecule has 0 aromatic carbocycles. The summed E-state index contributed by atoms with van der Waals surface area (Å²) in [5.74, 6) is 0.883. The molecule has 18 heavy (non-hydrogen) atoms. The van der Waals surface area contributed by atoms with Crippen LogP contribution in [0.2, 0.25) is 0 Å². The Hall–Kier alpha value is -0.610. The lowest BCUT2D eigenvalue weighted by Gasteiger charge is -2.20. The van der Waals surface area contributed by atoms with Crippen LogP contribution >= 0.6 is 11.3 Å². The minimum Gasteiger partial charge on any atom is -0.351 e. The molecule has 1 atom stereocenters. The van der Waals surface area contributed by atoms with Gasteiger partial charge in [0.25, 0.3) is 0 Å². The fourth-order valence-electron chi connectivity index (χ4n) is 2.72. The van der Waals surface area contributed by atoms with Crippen molar-refractivity contribution in [3.8, 4) is 0 Å². The molecular weight excluding hydrogens is 242 g/mol. The molecule has 0 amide bonds. The fraction of sp³-hybridized carbons (Fsp3) is 0.786. The standard InChI is InChI=1S/C14H25N3S/c1-4-15-11(2)13-9-16-14(18-13)17(3)10-12-7-5-6-8-12/h9,11-12,15H,4-8,10H2,1-3H3. The molecule has 1 aromatic rings. The Morgan fingerprint density at radius 3 is 2.89 bits per heavy atom. The second-order valence-corrected chi connectivity index (χ2v) is 6.40. The van der Waals surface area contributed by atoms with Gasteiger partial charge < -0.3 is 10.2 Å². The van der Waals surface area contributed by atoms with E-state index in [0.29, 0.717) is 6.04 Å². The maximum atomic E-state index is 4.57. The van der Waals surface area contributed by atoms with Gasteiger partial charge in [0.2, 0.25) is 0 Å². The Morgan fingerprint density at radius 1 is 1.50 bits per heavy atom. The van der Waals surface area contributed by atoms with Gasteiger partial charge in [0, 0.05) is 30.7 Å². The molecule has 1 heterocycles. The van der Waals surface area contributed by atoms with Crippen molar-refractivity contribution in [2.24, 2.45) is 5.92 Å². The molecule has 4 heteroatoms. The van der Waals surface area contributed by atoms with E-state index in [0.717, 1.165) is 12.5 Å². The molecule has 1 unspecified atom stereocenters. The number of hydrogen-bond acceptors (Lipinski definition) is 4. The summed E-state index contributed by atoms with van der Waals surface area (Å²) in [4.78, 5) is 8.24. The molecule has 0 aliphatic heterocycles. The Bertz CT molecular complexity index is 358. The SMILES string of the molecule is CCNC(C)c1cnc(N(C)CC2CCCC2)s1. The van der Waals surface area contributed by atoms with Crippen LogP contribution in [0.25, 0.3) is 0 Å². The van der Waals surface area contributed by atoms with Gasteiger partial charge in [0.05, 0.1) is 0 Å². The third-order valence-corrected chi connectivity index (χ3v) is 5.08. The Labute approximate surface area is 115 Å². The van der Waals surface area contributed by atoms with Crippen LogP contribution < -0.4 is 10.2 Å². The second-order valence-electron chi connectivity index (χ2n) is 5.36. The van der Waals surface area contributed by atoms with E-state index in [1.54, 1.807) is 0 Å². The van der Waals surface area contributed by atoms with Crippen molar-refractivity contribution in [1.82, 2.24) is 10.3 Å². The summed E-state index contributed by atoms with van der Waals surface area (Å²) in [7, 11) is 2.18. The van der Waals surface area contributed by atoms with Gasteiger partial charge in [-0.15, -0.1) is 11.3 Å². The second kappa shape index (κ2) is 6.53. The maximum absolute atomic E-state index is 4.57. The molecule has 2 rings (SSSR count). The molecule has 3 nitrogen and oxygen atoms in total. The van der Waals surface area contributed by atoms with Crippen LogP contribution in [0.5, 0.6) is 0 Å². The highest BCUT2D eigenvalue weighted by molar-refractivity contribution is 7.15. The van der Waals surface area contributed by atoms with E-state index >= 15 is 0 Å². The van der Waals surface area contributed by atoms with Crippen LogP contribution in [0, 0.1) is 5.92 Å². The predicted octanol–water partition coefficient (Wildman–Crippen LogP) is 3.44. The van der Waals surface area contributed by atoms with E-state index in [9.17, 15) is 0 Å². The average Bonchev–Trinajstić information content (AvgIpc) is 2.99. The molecule has 0 radical (unpaired) electrons. The van der Waals surface area contributed by atoms with Crippen molar-refractivity contribution in [3.63, 3.8) is 0 Å². The number of rotatable bonds is 6. The summed E-state index contributed by atoms with van der Waals surface area (Å²) >= 11 is 1.82. The minimum absolute atomic E-state index is 0.418. The zero-order chi connectivity index (χ0) is 13.0. The largest absolute Gasteiger partial charge is 0.351 e. The zero-order valence-electron chi connectivity index (χ0n) is 11.8. The van der Waals surface area contributed by atoms with Crippen molar-refractivity contribution < 1.29 is 0 Å². The molecule has 1 saturated carbocycles. The summed E-state index contributed by atoms with van der Waals surface area (Å²) in [6.45, 7) is 6.53. The monoisotopic (exact) mass is 267 g/mol. The lowest BCUT2D eigenvalue weighted by molar-refractivity contribution is 0.546. The molecule has 1 fully saturated rings. The van der Waals surface area contributed by atoms with Crippen molar-refractivity contribution in [1.29, 1.82) is 0 Å². The molecule has 1 aromatic heterocycles. The third-order valence-electron chi connectivity index (χ3n) is 3.78. The van der Waals surface area contributed by atoms with Crippen LogP contribution in [-0.4, -0.2) is 25.1 Å². The maximum Gasteiger partial charge on any atom is 0.185 e. The summed E-state index contributed by atoms with van der Waals surface area (Å²) in [5, 5.41) is 4.61. The normalized spacial score (nSPS) is 18.2. The first-order valence-electron chi connectivity index (χ1n) is 7.11. The first-order valence-corrected chi connectivity index (χ1v) is 7.92. The number of nitrogens with zero attached hydrogens (tertiary/aromatic N) is 2. The lowest BCUT2D eigenvalue weighted by atomic mass is 10.1. The van der Waals surface area contributed by atoms with Crippen LogP contribution in [0.4, 0.5) is 5.13 Å². The molecule has 0 bridgehead atoms. The Balaban J connectivity index is 1.91. The van der Waals surface area contributed by atoms with Crippen molar-refractivity contribution in [2.75, 3.05) is 25.0 Å². The summed E-state index contributed by atoms with van der Waals surface area (Å²) in [6, 6.07) is 0.418. The Kier molecular flexibility index (Phi) is 5.01. The van der Waals surface area contributed by atoms with Crippen LogP contribution in [0.15, 0.2) is 6.20 Å². The topological polar surface area (TPSA) is 28.2 Å². The van der Waals surface area contributed by atoms with Gasteiger partial charge in [-0.3, -0.25) is 0 Å². The molecule has 1 aliphatic carbocycles. The van der Waals surface area contributed by atoms with Gasteiger partial charge in [-0.05, 0) is 32.2 Å². The van der Waals surface area contributed by atoms with Crippen molar-refractivity contribution in [2.45, 2.75) is 45.6 Å². The number of nitrogens with one attached hydrogen (secondary N) is 1. The van der Waals surface area contributed by atoms with Crippen LogP contribution in [0.3, 0.4) is 0 Å². The third kappa shape index (κ3) is 3.45. The van der Waals surface area contributed by atoms with Gasteiger partial charge in [-0.25, -0.2) is 4.98 Å². The molecular formula is C14H25N3S. The van der Waals surface area contributed by atoms with Gasteiger partial charge in [0.15, 0.2) is 5.13 Å². The highest BCUT2D eigenvalue weighted by Crippen LogP contribution is 2.30. The average molecular weight is 267 g/mol. The summed E-state index contributed by atoms with van der Waals surface area (Å²) in [6.07, 6.45) is 7.66. The van der Waals surface area contributed by atoms with E-state index in [1.165, 1.54) is 42.2 Å². The van der Waals surface area contributed by atoms with Gasteiger partial charge in [-0.2, -0.15) is 0 Å². The van der Waals surface area contributed by atoms with Crippen molar-refractivity contribution >= 4 is 16.5 Å². The molecule has 1 aliphatic rings. The van der Waals surface area contributed by atoms with E-state index < -0.39 is 0 Å². The first kappa shape index (κ1) is 13.8. The molecule has 0 saturated heterocycles. The highest BCUT2D eigenvalue weighted by Gasteiger charge is 2.19. The smallest absolute Gasteiger partial charge is 0.185 e. The number of thiazole rings is 1. The first-order chi connectivity index (χ1) is 8.70. The van der Waals surface area contributed by atoms with E-state index in [2.05, 4.69) is 36.1 Å². The van der Waals surface area contributed by atoms with Gasteiger partial charge >= 0.3 is 0 Å². The van der Waals surface area contributed by atoms with E-state index in [1.807, 2.05) is 17.5 Å². The summed E-state index contributed by atoms with van der Waals surface area (Å²) in [5.41, 5.74) is 0.